The molecule has 0 aromatic heterocycles. The quantitative estimate of drug-likeness (QED) is 0.561. The minimum Gasteiger partial charge on any atom is -0.411 e. The first-order valence-corrected chi connectivity index (χ1v) is 8.20. The lowest BCUT2D eigenvalue weighted by Crippen LogP contribution is -2.25. The molecule has 0 spiro atoms. The van der Waals surface area contributed by atoms with Crippen LogP contribution in [-0.4, -0.2) is 9.04 Å². The van der Waals surface area contributed by atoms with Crippen molar-refractivity contribution in [2.45, 2.75) is 40.0 Å². The highest BCUT2D eigenvalue weighted by Crippen LogP contribution is 2.40. The minimum atomic E-state index is -0.790. The maximum Gasteiger partial charge on any atom is 0.205 e. The molecule has 0 aliphatic carbocycles. The van der Waals surface area contributed by atoms with E-state index in [0.717, 1.165) is 5.56 Å². The summed E-state index contributed by atoms with van der Waals surface area (Å²) in [4.78, 5) is 3.59. The number of nitrogens with zero attached hydrogens (tertiary/aromatic N) is 1. The molecule has 1 aromatic rings. The van der Waals surface area contributed by atoms with Gasteiger partial charge in [-0.2, -0.15) is 0 Å². The lowest BCUT2D eigenvalue weighted by molar-refractivity contribution is 0.0873. The van der Waals surface area contributed by atoms with Crippen molar-refractivity contribution in [1.82, 2.24) is 0 Å². The molecule has 0 aliphatic heterocycles. The van der Waals surface area contributed by atoms with Gasteiger partial charge in [-0.1, -0.05) is 45.0 Å². The summed E-state index contributed by atoms with van der Waals surface area (Å²) < 4.78 is 6.10. The molecular weight excluding hydrogens is 226 g/mol. The zero-order valence-corrected chi connectivity index (χ0v) is 12.2. The van der Waals surface area contributed by atoms with Gasteiger partial charge in [0, 0.05) is 0 Å². The van der Waals surface area contributed by atoms with E-state index in [2.05, 4.69) is 38.7 Å². The Morgan fingerprint density at radius 3 is 2.29 bits per heavy atom. The first-order valence-electron chi connectivity index (χ1n) is 5.79. The highest BCUT2D eigenvalue weighted by molar-refractivity contribution is 6.48. The van der Waals surface area contributed by atoms with Crippen LogP contribution in [0.25, 0.3) is 4.85 Å². The average molecular weight is 246 g/mol. The third-order valence-corrected chi connectivity index (χ3v) is 3.19. The van der Waals surface area contributed by atoms with Crippen molar-refractivity contribution >= 4 is 14.7 Å². The summed E-state index contributed by atoms with van der Waals surface area (Å²) >= 11 is 0. The van der Waals surface area contributed by atoms with Crippen LogP contribution in [0.15, 0.2) is 24.3 Å². The van der Waals surface area contributed by atoms with Crippen LogP contribution in [0.4, 0.5) is 5.69 Å². The van der Waals surface area contributed by atoms with E-state index in [1.165, 1.54) is 0 Å². The summed E-state index contributed by atoms with van der Waals surface area (Å²) in [6, 6.07) is 7.75. The summed E-state index contributed by atoms with van der Waals surface area (Å²) in [5.74, 6) is 0. The molecule has 0 fully saturated rings. The largest absolute Gasteiger partial charge is 0.411 e. The molecule has 1 atom stereocenters. The van der Waals surface area contributed by atoms with E-state index in [-0.39, 0.29) is 11.5 Å². The first-order chi connectivity index (χ1) is 7.86. The molecule has 0 saturated carbocycles. The summed E-state index contributed by atoms with van der Waals surface area (Å²) in [5, 5.41) is 0. The van der Waals surface area contributed by atoms with Gasteiger partial charge in [-0.25, -0.2) is 4.85 Å². The van der Waals surface area contributed by atoms with Crippen molar-refractivity contribution in [3.63, 3.8) is 0 Å². The van der Waals surface area contributed by atoms with E-state index >= 15 is 0 Å². The Balaban J connectivity index is 3.18. The number of benzene rings is 1. The van der Waals surface area contributed by atoms with Gasteiger partial charge in [-0.15, -0.1) is 0 Å². The molecule has 0 bridgehead atoms. The van der Waals surface area contributed by atoms with Crippen LogP contribution in [0.2, 0.25) is 13.1 Å². The monoisotopic (exact) mass is 246 g/mol. The Hall–Kier alpha value is -1.11. The van der Waals surface area contributed by atoms with Crippen LogP contribution < -0.4 is 0 Å². The first kappa shape index (κ1) is 13.9. The van der Waals surface area contributed by atoms with Gasteiger partial charge in [0.25, 0.3) is 0 Å². The number of para-hydroxylation sites is 1. The molecule has 0 N–H and O–H groups in total. The van der Waals surface area contributed by atoms with E-state index in [1.54, 1.807) is 0 Å². The molecule has 0 saturated heterocycles. The lowest BCUT2D eigenvalue weighted by Gasteiger charge is -2.33. The molecule has 0 heterocycles. The molecule has 1 unspecified atom stereocenters. The second-order valence-electron chi connectivity index (χ2n) is 5.44. The average Bonchev–Trinajstić information content (AvgIpc) is 2.24. The predicted molar refractivity (Wildman–Crippen MR) is 73.5 cm³/mol. The Labute approximate surface area is 106 Å². The maximum absolute atomic E-state index is 7.24. The van der Waals surface area contributed by atoms with Crippen LogP contribution in [0.1, 0.15) is 32.4 Å². The van der Waals surface area contributed by atoms with Gasteiger partial charge in [0.2, 0.25) is 9.04 Å². The molecule has 91 valence electrons. The van der Waals surface area contributed by atoms with Gasteiger partial charge >= 0.3 is 0 Å². The second kappa shape index (κ2) is 5.48. The molecule has 17 heavy (non-hydrogen) atoms. The molecule has 0 aliphatic rings. The van der Waals surface area contributed by atoms with E-state index in [0.29, 0.717) is 5.69 Å². The third kappa shape index (κ3) is 3.69. The topological polar surface area (TPSA) is 13.6 Å². The van der Waals surface area contributed by atoms with Crippen molar-refractivity contribution in [3.8, 4) is 0 Å². The molecule has 3 heteroatoms. The van der Waals surface area contributed by atoms with Gasteiger partial charge < -0.3 is 4.43 Å². The van der Waals surface area contributed by atoms with E-state index in [4.69, 9.17) is 11.0 Å². The van der Waals surface area contributed by atoms with Crippen LogP contribution in [0, 0.1) is 12.0 Å². The van der Waals surface area contributed by atoms with Crippen molar-refractivity contribution < 1.29 is 4.43 Å². The number of rotatable bonds is 3. The lowest BCUT2D eigenvalue weighted by atomic mass is 9.84. The Kier molecular flexibility index (Phi) is 4.50. The fourth-order valence-electron chi connectivity index (χ4n) is 1.75. The van der Waals surface area contributed by atoms with Gasteiger partial charge in [0.1, 0.15) is 0 Å². The smallest absolute Gasteiger partial charge is 0.205 e. The predicted octanol–water partition coefficient (Wildman–Crippen LogP) is 4.59. The summed E-state index contributed by atoms with van der Waals surface area (Å²) in [6.07, 6.45) is -0.00307. The van der Waals surface area contributed by atoms with Crippen LogP contribution in [0.3, 0.4) is 0 Å². The fourth-order valence-corrected chi connectivity index (χ4v) is 2.71. The molecule has 0 amide bonds. The highest BCUT2D eigenvalue weighted by Gasteiger charge is 2.29. The summed E-state index contributed by atoms with van der Waals surface area (Å²) in [5.41, 5.74) is 1.72. The fraction of sp³-hybridized carbons (Fsp3) is 0.500. The molecule has 1 radical (unpaired) electrons. The second-order valence-corrected chi connectivity index (χ2v) is 7.49. The minimum absolute atomic E-state index is 0.00271. The highest BCUT2D eigenvalue weighted by atomic mass is 28.3. The Bertz CT molecular complexity index is 415. The Morgan fingerprint density at radius 2 is 1.82 bits per heavy atom. The molecule has 2 nitrogen and oxygen atoms in total. The summed E-state index contributed by atoms with van der Waals surface area (Å²) in [7, 11) is -0.790. The normalized spacial score (nSPS) is 13.5. The molecular formula is C14H20NOSi. The third-order valence-electron chi connectivity index (χ3n) is 2.48. The van der Waals surface area contributed by atoms with Gasteiger partial charge in [-0.05, 0) is 24.1 Å². The zero-order valence-electron chi connectivity index (χ0n) is 11.2. The van der Waals surface area contributed by atoms with E-state index in [1.807, 2.05) is 24.3 Å². The van der Waals surface area contributed by atoms with Crippen molar-refractivity contribution in [1.29, 1.82) is 0 Å². The Morgan fingerprint density at radius 1 is 1.24 bits per heavy atom. The van der Waals surface area contributed by atoms with Gasteiger partial charge in [0.05, 0.1) is 12.7 Å². The van der Waals surface area contributed by atoms with E-state index in [9.17, 15) is 0 Å². The van der Waals surface area contributed by atoms with Gasteiger partial charge in [-0.3, -0.25) is 0 Å². The SMILES string of the molecule is [C-]#[N+]c1ccccc1C(O[Si](C)C)C(C)(C)C. The molecule has 1 rings (SSSR count). The standard InChI is InChI=1S/C14H20NOSi/c1-14(2,3)13(16-17(5)6)11-9-7-8-10-12(11)15-4/h7-10,13H,1-3,5-6H3. The van der Waals surface area contributed by atoms with Crippen LogP contribution >= 0.6 is 0 Å². The van der Waals surface area contributed by atoms with E-state index < -0.39 is 9.04 Å². The van der Waals surface area contributed by atoms with Crippen LogP contribution in [-0.2, 0) is 4.43 Å². The summed E-state index contributed by atoms with van der Waals surface area (Å²) in [6.45, 7) is 18.0. The molecule has 1 aromatic carbocycles. The zero-order chi connectivity index (χ0) is 13.1. The van der Waals surface area contributed by atoms with Gasteiger partial charge in [0.15, 0.2) is 5.69 Å². The number of hydrogen-bond acceptors (Lipinski definition) is 1. The van der Waals surface area contributed by atoms with Crippen molar-refractivity contribution in [2.24, 2.45) is 5.41 Å². The van der Waals surface area contributed by atoms with Crippen molar-refractivity contribution in [2.75, 3.05) is 0 Å². The van der Waals surface area contributed by atoms with Crippen molar-refractivity contribution in [3.05, 3.63) is 41.2 Å². The maximum atomic E-state index is 7.24. The number of hydrogen-bond donors (Lipinski definition) is 0. The van der Waals surface area contributed by atoms with Crippen LogP contribution in [0.5, 0.6) is 0 Å².